The van der Waals surface area contributed by atoms with Crippen molar-refractivity contribution in [1.82, 2.24) is 24.7 Å². The molecule has 0 aliphatic rings. The van der Waals surface area contributed by atoms with Crippen LogP contribution in [0, 0.1) is 10.1 Å². The first-order valence-electron chi connectivity index (χ1n) is 5.68. The molecule has 9 heteroatoms. The molecule has 0 aliphatic carbocycles. The van der Waals surface area contributed by atoms with Crippen molar-refractivity contribution in [1.29, 1.82) is 0 Å². The molecule has 100 valence electrons. The SMILES string of the molecule is CCc1nc(CC)n(-c2nc(Cl)ncc2[N+](=O)[O-])n1. The number of halogens is 1. The quantitative estimate of drug-likeness (QED) is 0.481. The van der Waals surface area contributed by atoms with Crippen molar-refractivity contribution in [2.45, 2.75) is 26.7 Å². The monoisotopic (exact) mass is 282 g/mol. The van der Waals surface area contributed by atoms with Gasteiger partial charge in [0, 0.05) is 12.8 Å². The topological polar surface area (TPSA) is 99.6 Å². The van der Waals surface area contributed by atoms with Crippen LogP contribution in [0.1, 0.15) is 25.5 Å². The molecule has 0 atom stereocenters. The number of aromatic nitrogens is 5. The molecule has 0 unspecified atom stereocenters. The van der Waals surface area contributed by atoms with Crippen molar-refractivity contribution >= 4 is 17.3 Å². The molecule has 2 heterocycles. The van der Waals surface area contributed by atoms with Crippen LogP contribution < -0.4 is 0 Å². The van der Waals surface area contributed by atoms with Gasteiger partial charge in [-0.15, -0.1) is 5.10 Å². The van der Waals surface area contributed by atoms with Crippen LogP contribution in [0.15, 0.2) is 6.20 Å². The van der Waals surface area contributed by atoms with Gasteiger partial charge in [-0.05, 0) is 11.6 Å². The fourth-order valence-corrected chi connectivity index (χ4v) is 1.70. The molecule has 0 aromatic carbocycles. The van der Waals surface area contributed by atoms with Crippen LogP contribution >= 0.6 is 11.6 Å². The average molecular weight is 283 g/mol. The summed E-state index contributed by atoms with van der Waals surface area (Å²) in [5, 5.41) is 15.1. The summed E-state index contributed by atoms with van der Waals surface area (Å²) < 4.78 is 1.35. The van der Waals surface area contributed by atoms with E-state index in [2.05, 4.69) is 20.1 Å². The average Bonchev–Trinajstić information content (AvgIpc) is 2.81. The third-order valence-electron chi connectivity index (χ3n) is 2.47. The maximum Gasteiger partial charge on any atom is 0.332 e. The Morgan fingerprint density at radius 3 is 2.68 bits per heavy atom. The zero-order valence-corrected chi connectivity index (χ0v) is 11.1. The van der Waals surface area contributed by atoms with Crippen molar-refractivity contribution in [3.8, 4) is 5.82 Å². The zero-order chi connectivity index (χ0) is 14.0. The van der Waals surface area contributed by atoms with Gasteiger partial charge in [-0.2, -0.15) is 9.67 Å². The van der Waals surface area contributed by atoms with E-state index < -0.39 is 4.92 Å². The van der Waals surface area contributed by atoms with Crippen molar-refractivity contribution in [3.63, 3.8) is 0 Å². The zero-order valence-electron chi connectivity index (χ0n) is 10.4. The number of aryl methyl sites for hydroxylation is 2. The van der Waals surface area contributed by atoms with E-state index in [1.165, 1.54) is 4.68 Å². The Morgan fingerprint density at radius 2 is 2.11 bits per heavy atom. The molecule has 19 heavy (non-hydrogen) atoms. The van der Waals surface area contributed by atoms with E-state index in [9.17, 15) is 10.1 Å². The predicted molar refractivity (Wildman–Crippen MR) is 67.4 cm³/mol. The first kappa shape index (κ1) is 13.3. The second-order valence-electron chi connectivity index (χ2n) is 3.67. The van der Waals surface area contributed by atoms with Gasteiger partial charge in [-0.1, -0.05) is 13.8 Å². The fraction of sp³-hybridized carbons (Fsp3) is 0.400. The summed E-state index contributed by atoms with van der Waals surface area (Å²) in [5.41, 5.74) is -0.258. The molecule has 0 spiro atoms. The van der Waals surface area contributed by atoms with Crippen molar-refractivity contribution in [2.24, 2.45) is 0 Å². The van der Waals surface area contributed by atoms with E-state index in [0.29, 0.717) is 24.5 Å². The van der Waals surface area contributed by atoms with Crippen LogP contribution in [0.25, 0.3) is 5.82 Å². The highest BCUT2D eigenvalue weighted by molar-refractivity contribution is 6.28. The van der Waals surface area contributed by atoms with Gasteiger partial charge in [-0.3, -0.25) is 10.1 Å². The molecule has 0 N–H and O–H groups in total. The van der Waals surface area contributed by atoms with E-state index in [1.807, 2.05) is 13.8 Å². The van der Waals surface area contributed by atoms with Gasteiger partial charge in [-0.25, -0.2) is 9.97 Å². The standard InChI is InChI=1S/C10H11ClN6O2/c1-3-7-13-8(4-2)16(15-7)9-6(17(18)19)5-12-10(11)14-9/h5H,3-4H2,1-2H3. The van der Waals surface area contributed by atoms with Crippen LogP contribution in [0.4, 0.5) is 5.69 Å². The summed E-state index contributed by atoms with van der Waals surface area (Å²) in [6, 6.07) is 0. The lowest BCUT2D eigenvalue weighted by molar-refractivity contribution is -0.385. The molecule has 0 saturated carbocycles. The van der Waals surface area contributed by atoms with Gasteiger partial charge in [0.25, 0.3) is 0 Å². The van der Waals surface area contributed by atoms with Crippen molar-refractivity contribution < 1.29 is 4.92 Å². The van der Waals surface area contributed by atoms with Crippen molar-refractivity contribution in [2.75, 3.05) is 0 Å². The second-order valence-corrected chi connectivity index (χ2v) is 4.01. The number of nitro groups is 1. The van der Waals surface area contributed by atoms with E-state index >= 15 is 0 Å². The van der Waals surface area contributed by atoms with Crippen LogP contribution in [-0.2, 0) is 12.8 Å². The largest absolute Gasteiger partial charge is 0.332 e. The molecule has 0 bridgehead atoms. The van der Waals surface area contributed by atoms with E-state index in [4.69, 9.17) is 11.6 Å². The summed E-state index contributed by atoms with van der Waals surface area (Å²) in [5.74, 6) is 1.23. The highest BCUT2D eigenvalue weighted by Crippen LogP contribution is 2.21. The lowest BCUT2D eigenvalue weighted by Gasteiger charge is -2.03. The van der Waals surface area contributed by atoms with E-state index in [1.54, 1.807) is 0 Å². The summed E-state index contributed by atoms with van der Waals surface area (Å²) >= 11 is 5.70. The Bertz CT molecular complexity index is 626. The van der Waals surface area contributed by atoms with Gasteiger partial charge in [0.1, 0.15) is 12.0 Å². The molecule has 0 radical (unpaired) electrons. The third kappa shape index (κ3) is 2.53. The molecule has 0 fully saturated rings. The molecule has 2 aromatic rings. The number of rotatable bonds is 4. The highest BCUT2D eigenvalue weighted by Gasteiger charge is 2.22. The summed E-state index contributed by atoms with van der Waals surface area (Å²) in [6.07, 6.45) is 2.27. The van der Waals surface area contributed by atoms with E-state index in [-0.39, 0.29) is 16.8 Å². The Labute approximate surface area is 113 Å². The molecule has 0 aliphatic heterocycles. The van der Waals surface area contributed by atoms with Gasteiger partial charge in [0.15, 0.2) is 5.82 Å². The van der Waals surface area contributed by atoms with Crippen LogP contribution in [-0.4, -0.2) is 29.7 Å². The normalized spacial score (nSPS) is 10.7. The molecular formula is C10H11ClN6O2. The Morgan fingerprint density at radius 1 is 1.37 bits per heavy atom. The molecule has 8 nitrogen and oxygen atoms in total. The molecule has 2 aromatic heterocycles. The number of hydrogen-bond acceptors (Lipinski definition) is 6. The molecule has 0 saturated heterocycles. The third-order valence-corrected chi connectivity index (χ3v) is 2.65. The first-order chi connectivity index (χ1) is 9.06. The number of hydrogen-bond donors (Lipinski definition) is 0. The first-order valence-corrected chi connectivity index (χ1v) is 6.06. The van der Waals surface area contributed by atoms with Gasteiger partial charge in [0.05, 0.1) is 4.92 Å². The minimum absolute atomic E-state index is 0.0362. The lowest BCUT2D eigenvalue weighted by Crippen LogP contribution is -2.09. The Kier molecular flexibility index (Phi) is 3.70. The Hall–Kier alpha value is -2.09. The highest BCUT2D eigenvalue weighted by atomic mass is 35.5. The summed E-state index contributed by atoms with van der Waals surface area (Å²) in [4.78, 5) is 22.2. The maximum absolute atomic E-state index is 11.0. The van der Waals surface area contributed by atoms with Crippen LogP contribution in [0.2, 0.25) is 5.28 Å². The maximum atomic E-state index is 11.0. The minimum atomic E-state index is -0.571. The summed E-state index contributed by atoms with van der Waals surface area (Å²) in [6.45, 7) is 3.79. The fourth-order valence-electron chi connectivity index (χ4n) is 1.57. The summed E-state index contributed by atoms with van der Waals surface area (Å²) in [7, 11) is 0. The molecular weight excluding hydrogens is 272 g/mol. The lowest BCUT2D eigenvalue weighted by atomic mass is 10.4. The number of nitrogens with zero attached hydrogens (tertiary/aromatic N) is 6. The van der Waals surface area contributed by atoms with Gasteiger partial charge < -0.3 is 0 Å². The predicted octanol–water partition coefficient (Wildman–Crippen LogP) is 1.74. The van der Waals surface area contributed by atoms with Crippen molar-refractivity contribution in [3.05, 3.63) is 33.2 Å². The van der Waals surface area contributed by atoms with Crippen LogP contribution in [0.3, 0.4) is 0 Å². The van der Waals surface area contributed by atoms with E-state index in [0.717, 1.165) is 6.20 Å². The van der Waals surface area contributed by atoms with Gasteiger partial charge in [0.2, 0.25) is 11.1 Å². The van der Waals surface area contributed by atoms with Gasteiger partial charge >= 0.3 is 5.69 Å². The molecule has 2 rings (SSSR count). The van der Waals surface area contributed by atoms with Crippen LogP contribution in [0.5, 0.6) is 0 Å². The second kappa shape index (κ2) is 5.27. The minimum Gasteiger partial charge on any atom is -0.258 e. The molecule has 0 amide bonds. The smallest absolute Gasteiger partial charge is 0.258 e. The Balaban J connectivity index is 2.66.